The maximum Gasteiger partial charge on any atom is 0.201 e. The highest BCUT2D eigenvalue weighted by Gasteiger charge is 2.04. The minimum atomic E-state index is 0.675. The minimum absolute atomic E-state index is 0.675. The second kappa shape index (κ2) is 7.11. The number of ether oxygens (including phenoxy) is 1. The number of methoxy groups -OCH3 is 1. The van der Waals surface area contributed by atoms with E-state index in [9.17, 15) is 0 Å². The van der Waals surface area contributed by atoms with Crippen LogP contribution in [0.5, 0.6) is 0 Å². The lowest BCUT2D eigenvalue weighted by atomic mass is 10.3. The van der Waals surface area contributed by atoms with Crippen molar-refractivity contribution in [3.63, 3.8) is 0 Å². The van der Waals surface area contributed by atoms with Gasteiger partial charge in [-0.1, -0.05) is 18.2 Å². The van der Waals surface area contributed by atoms with Gasteiger partial charge in [-0.05, 0) is 23.8 Å². The summed E-state index contributed by atoms with van der Waals surface area (Å²) in [5, 5.41) is 3.29. The molecule has 6 heteroatoms. The number of benzene rings is 1. The first kappa shape index (κ1) is 15.3. The number of nitrogens with zero attached hydrogens (tertiary/aromatic N) is 3. The van der Waals surface area contributed by atoms with E-state index in [1.165, 1.54) is 0 Å². The summed E-state index contributed by atoms with van der Waals surface area (Å²) in [4.78, 5) is 14.3. The molecule has 0 unspecified atom stereocenters. The van der Waals surface area contributed by atoms with Gasteiger partial charge in [-0.2, -0.15) is 0 Å². The summed E-state index contributed by atoms with van der Waals surface area (Å²) in [6, 6.07) is 12.1. The molecule has 23 heavy (non-hydrogen) atoms. The third-order valence-corrected chi connectivity index (χ3v) is 3.68. The molecular formula is C17H21N5O. The summed E-state index contributed by atoms with van der Waals surface area (Å²) in [6.45, 7) is 2.18. The fourth-order valence-electron chi connectivity index (χ4n) is 2.31. The molecule has 2 N–H and O–H groups in total. The van der Waals surface area contributed by atoms with E-state index in [1.807, 2.05) is 43.6 Å². The Morgan fingerprint density at radius 3 is 2.83 bits per heavy atom. The van der Waals surface area contributed by atoms with Crippen molar-refractivity contribution in [3.05, 3.63) is 48.2 Å². The Morgan fingerprint density at radius 2 is 2.09 bits per heavy atom. The van der Waals surface area contributed by atoms with Crippen LogP contribution in [0.2, 0.25) is 0 Å². The van der Waals surface area contributed by atoms with E-state index < -0.39 is 0 Å². The average molecular weight is 311 g/mol. The summed E-state index contributed by atoms with van der Waals surface area (Å²) < 4.78 is 5.08. The van der Waals surface area contributed by atoms with Crippen LogP contribution in [-0.4, -0.2) is 42.3 Å². The number of aromatic amines is 1. The van der Waals surface area contributed by atoms with Gasteiger partial charge in [0.15, 0.2) is 0 Å². The average Bonchev–Trinajstić information content (AvgIpc) is 3.01. The standard InChI is InChI=1S/C17H21N5O/c1-22(9-10-23-2)16-8-7-13(11-18-16)12-19-17-20-14-5-3-4-6-15(14)21-17/h3-8,11H,9-10,12H2,1-2H3,(H2,19,20,21). The molecule has 0 atom stereocenters. The molecule has 0 saturated heterocycles. The fraction of sp³-hybridized carbons (Fsp3) is 0.294. The quantitative estimate of drug-likeness (QED) is 0.702. The number of nitrogens with one attached hydrogen (secondary N) is 2. The first-order chi connectivity index (χ1) is 11.3. The van der Waals surface area contributed by atoms with E-state index in [4.69, 9.17) is 4.74 Å². The van der Waals surface area contributed by atoms with Gasteiger partial charge in [0, 0.05) is 33.4 Å². The summed E-state index contributed by atoms with van der Waals surface area (Å²) >= 11 is 0. The molecule has 0 aliphatic rings. The second-order valence-corrected chi connectivity index (χ2v) is 5.40. The van der Waals surface area contributed by atoms with Crippen LogP contribution in [0, 0.1) is 0 Å². The number of imidazole rings is 1. The lowest BCUT2D eigenvalue weighted by molar-refractivity contribution is 0.206. The number of aromatic nitrogens is 3. The molecule has 0 saturated carbocycles. The Kier molecular flexibility index (Phi) is 4.73. The van der Waals surface area contributed by atoms with Crippen molar-refractivity contribution in [2.75, 3.05) is 37.5 Å². The Hall–Kier alpha value is -2.60. The predicted octanol–water partition coefficient (Wildman–Crippen LogP) is 2.65. The Morgan fingerprint density at radius 1 is 1.22 bits per heavy atom. The number of anilines is 2. The van der Waals surface area contributed by atoms with Gasteiger partial charge >= 0.3 is 0 Å². The van der Waals surface area contributed by atoms with Gasteiger partial charge in [-0.25, -0.2) is 9.97 Å². The van der Waals surface area contributed by atoms with Gasteiger partial charge in [-0.3, -0.25) is 0 Å². The van der Waals surface area contributed by atoms with E-state index >= 15 is 0 Å². The van der Waals surface area contributed by atoms with Crippen molar-refractivity contribution in [2.45, 2.75) is 6.54 Å². The van der Waals surface area contributed by atoms with Gasteiger partial charge in [0.2, 0.25) is 5.95 Å². The van der Waals surface area contributed by atoms with Crippen LogP contribution in [0.15, 0.2) is 42.6 Å². The van der Waals surface area contributed by atoms with Crippen LogP contribution < -0.4 is 10.2 Å². The van der Waals surface area contributed by atoms with Crippen LogP contribution in [-0.2, 0) is 11.3 Å². The van der Waals surface area contributed by atoms with E-state index in [2.05, 4.69) is 31.2 Å². The van der Waals surface area contributed by atoms with Crippen LogP contribution >= 0.6 is 0 Å². The van der Waals surface area contributed by atoms with Crippen LogP contribution in [0.4, 0.5) is 11.8 Å². The molecule has 0 amide bonds. The van der Waals surface area contributed by atoms with Gasteiger partial charge in [0.1, 0.15) is 5.82 Å². The summed E-state index contributed by atoms with van der Waals surface area (Å²) in [5.41, 5.74) is 3.10. The van der Waals surface area contributed by atoms with Crippen molar-refractivity contribution >= 4 is 22.8 Å². The summed E-state index contributed by atoms with van der Waals surface area (Å²) in [6.07, 6.45) is 1.88. The van der Waals surface area contributed by atoms with Crippen LogP contribution in [0.25, 0.3) is 11.0 Å². The molecule has 0 spiro atoms. The number of H-pyrrole nitrogens is 1. The third-order valence-electron chi connectivity index (χ3n) is 3.68. The molecule has 3 rings (SSSR count). The maximum atomic E-state index is 5.08. The number of fused-ring (bicyclic) bond motifs is 1. The van der Waals surface area contributed by atoms with E-state index in [0.717, 1.165) is 34.9 Å². The van der Waals surface area contributed by atoms with Crippen molar-refractivity contribution in [2.24, 2.45) is 0 Å². The second-order valence-electron chi connectivity index (χ2n) is 5.40. The molecule has 0 aliphatic heterocycles. The van der Waals surface area contributed by atoms with E-state index in [0.29, 0.717) is 13.2 Å². The molecule has 0 aliphatic carbocycles. The van der Waals surface area contributed by atoms with Crippen LogP contribution in [0.1, 0.15) is 5.56 Å². The molecule has 0 radical (unpaired) electrons. The predicted molar refractivity (Wildman–Crippen MR) is 92.8 cm³/mol. The highest BCUT2D eigenvalue weighted by molar-refractivity contribution is 5.77. The molecule has 0 bridgehead atoms. The smallest absolute Gasteiger partial charge is 0.201 e. The molecule has 2 aromatic heterocycles. The zero-order chi connectivity index (χ0) is 16.1. The highest BCUT2D eigenvalue weighted by Crippen LogP contribution is 2.15. The largest absolute Gasteiger partial charge is 0.383 e. The topological polar surface area (TPSA) is 66.1 Å². The fourth-order valence-corrected chi connectivity index (χ4v) is 2.31. The molecule has 6 nitrogen and oxygen atoms in total. The van der Waals surface area contributed by atoms with Crippen molar-refractivity contribution in [3.8, 4) is 0 Å². The number of para-hydroxylation sites is 2. The van der Waals surface area contributed by atoms with Crippen molar-refractivity contribution in [1.29, 1.82) is 0 Å². The molecular weight excluding hydrogens is 290 g/mol. The van der Waals surface area contributed by atoms with Crippen LogP contribution in [0.3, 0.4) is 0 Å². The molecule has 1 aromatic carbocycles. The lowest BCUT2D eigenvalue weighted by Crippen LogP contribution is -2.22. The van der Waals surface area contributed by atoms with E-state index in [-0.39, 0.29) is 0 Å². The SMILES string of the molecule is COCCN(C)c1ccc(CNc2nc3ccccc3[nH]2)cn1. The first-order valence-corrected chi connectivity index (χ1v) is 7.60. The van der Waals surface area contributed by atoms with Crippen molar-refractivity contribution < 1.29 is 4.74 Å². The Labute approximate surface area is 135 Å². The Bertz CT molecular complexity index is 720. The highest BCUT2D eigenvalue weighted by atomic mass is 16.5. The lowest BCUT2D eigenvalue weighted by Gasteiger charge is -2.17. The molecule has 120 valence electrons. The number of likely N-dealkylation sites (N-methyl/N-ethyl adjacent to an activating group) is 1. The summed E-state index contributed by atoms with van der Waals surface area (Å²) in [7, 11) is 3.71. The number of hydrogen-bond donors (Lipinski definition) is 2. The molecule has 0 fully saturated rings. The number of hydrogen-bond acceptors (Lipinski definition) is 5. The monoisotopic (exact) mass is 311 g/mol. The molecule has 3 aromatic rings. The number of rotatable bonds is 7. The Balaban J connectivity index is 1.59. The summed E-state index contributed by atoms with van der Waals surface area (Å²) in [5.74, 6) is 1.71. The maximum absolute atomic E-state index is 5.08. The third kappa shape index (κ3) is 3.78. The van der Waals surface area contributed by atoms with Gasteiger partial charge in [-0.15, -0.1) is 0 Å². The zero-order valence-corrected chi connectivity index (χ0v) is 13.4. The normalized spacial score (nSPS) is 10.9. The first-order valence-electron chi connectivity index (χ1n) is 7.60. The van der Waals surface area contributed by atoms with E-state index in [1.54, 1.807) is 7.11 Å². The molecule has 2 heterocycles. The zero-order valence-electron chi connectivity index (χ0n) is 13.4. The number of pyridine rings is 1. The van der Waals surface area contributed by atoms with Crippen molar-refractivity contribution in [1.82, 2.24) is 15.0 Å². The van der Waals surface area contributed by atoms with Gasteiger partial charge in [0.05, 0.1) is 17.6 Å². The van der Waals surface area contributed by atoms with Gasteiger partial charge < -0.3 is 19.9 Å². The minimum Gasteiger partial charge on any atom is -0.383 e. The van der Waals surface area contributed by atoms with Gasteiger partial charge in [0.25, 0.3) is 0 Å².